The van der Waals surface area contributed by atoms with Gasteiger partial charge in [-0.3, -0.25) is 4.79 Å². The van der Waals surface area contributed by atoms with Crippen LogP contribution < -0.4 is 10.5 Å². The van der Waals surface area contributed by atoms with Crippen LogP contribution in [0.1, 0.15) is 48.2 Å². The molecule has 6 heteroatoms. The Hall–Kier alpha value is -3.22. The Morgan fingerprint density at radius 2 is 1.84 bits per heavy atom. The molecule has 0 aromatic heterocycles. The quantitative estimate of drug-likeness (QED) is 0.485. The third-order valence-electron chi connectivity index (χ3n) is 5.04. The van der Waals surface area contributed by atoms with Crippen LogP contribution in [0.25, 0.3) is 11.1 Å². The van der Waals surface area contributed by atoms with E-state index in [0.717, 1.165) is 5.56 Å². The van der Waals surface area contributed by atoms with Crippen LogP contribution in [0.5, 0.6) is 5.75 Å². The van der Waals surface area contributed by atoms with Crippen LogP contribution in [-0.2, 0) is 17.8 Å². The third-order valence-corrected chi connectivity index (χ3v) is 5.04. The Labute approximate surface area is 180 Å². The van der Waals surface area contributed by atoms with Crippen molar-refractivity contribution in [1.82, 2.24) is 0 Å². The predicted octanol–water partition coefficient (Wildman–Crippen LogP) is 4.77. The van der Waals surface area contributed by atoms with E-state index in [1.807, 2.05) is 0 Å². The lowest BCUT2D eigenvalue weighted by atomic mass is 9.95. The van der Waals surface area contributed by atoms with E-state index in [0.29, 0.717) is 33.6 Å². The van der Waals surface area contributed by atoms with Gasteiger partial charge in [0.15, 0.2) is 0 Å². The molecule has 0 aliphatic carbocycles. The molecule has 0 aliphatic rings. The predicted molar refractivity (Wildman–Crippen MR) is 117 cm³/mol. The highest BCUT2D eigenvalue weighted by Gasteiger charge is 2.15. The van der Waals surface area contributed by atoms with Crippen molar-refractivity contribution >= 4 is 5.97 Å². The Kier molecular flexibility index (Phi) is 7.05. The van der Waals surface area contributed by atoms with E-state index in [9.17, 15) is 9.90 Å². The number of aliphatic hydroxyl groups is 1. The summed E-state index contributed by atoms with van der Waals surface area (Å²) in [5, 5.41) is 19.2. The number of nitrogens with two attached hydrogens (primary N) is 1. The van der Waals surface area contributed by atoms with E-state index in [-0.39, 0.29) is 18.8 Å². The van der Waals surface area contributed by atoms with Crippen molar-refractivity contribution in [2.24, 2.45) is 5.73 Å². The number of halogens is 1. The molecule has 31 heavy (non-hydrogen) atoms. The lowest BCUT2D eigenvalue weighted by molar-refractivity contribution is -0.136. The molecule has 3 aromatic carbocycles. The summed E-state index contributed by atoms with van der Waals surface area (Å²) in [6.45, 7) is 3.50. The van der Waals surface area contributed by atoms with Crippen molar-refractivity contribution in [1.29, 1.82) is 0 Å². The molecule has 0 amide bonds. The SMILES string of the molecule is CC(O)c1cc(COc2ccccc2CC(=O)O)cc(-c2cccc([C@@H](C)N)c2F)c1. The standard InChI is InChI=1S/C25H26FNO4/c1-15(27)21-7-5-8-22(25(21)26)20-11-17(10-19(12-20)16(2)28)14-31-23-9-4-3-6-18(23)13-24(29)30/h3-12,15-16,28H,13-14,27H2,1-2H3,(H,29,30)/t15-,16?/m1/s1. The molecule has 0 heterocycles. The van der Waals surface area contributed by atoms with Gasteiger partial charge < -0.3 is 20.7 Å². The van der Waals surface area contributed by atoms with Gasteiger partial charge in [-0.05, 0) is 54.8 Å². The number of hydrogen-bond acceptors (Lipinski definition) is 4. The van der Waals surface area contributed by atoms with Crippen molar-refractivity contribution in [2.45, 2.75) is 39.0 Å². The number of para-hydroxylation sites is 1. The van der Waals surface area contributed by atoms with Crippen LogP contribution in [0.15, 0.2) is 60.7 Å². The topological polar surface area (TPSA) is 92.8 Å². The summed E-state index contributed by atoms with van der Waals surface area (Å²) >= 11 is 0. The maximum absolute atomic E-state index is 15.1. The molecule has 0 spiro atoms. The summed E-state index contributed by atoms with van der Waals surface area (Å²) in [6.07, 6.45) is -0.901. The molecule has 162 valence electrons. The average Bonchev–Trinajstić information content (AvgIpc) is 2.72. The lowest BCUT2D eigenvalue weighted by Gasteiger charge is -2.16. The second-order valence-corrected chi connectivity index (χ2v) is 7.60. The zero-order valence-electron chi connectivity index (χ0n) is 17.5. The van der Waals surface area contributed by atoms with Gasteiger partial charge in [0.05, 0.1) is 12.5 Å². The van der Waals surface area contributed by atoms with Crippen LogP contribution >= 0.6 is 0 Å². The lowest BCUT2D eigenvalue weighted by Crippen LogP contribution is -2.08. The third kappa shape index (κ3) is 5.48. The van der Waals surface area contributed by atoms with Crippen LogP contribution in [0.3, 0.4) is 0 Å². The van der Waals surface area contributed by atoms with Crippen LogP contribution in [0.2, 0.25) is 0 Å². The molecule has 4 N–H and O–H groups in total. The number of aliphatic carboxylic acids is 1. The first kappa shape index (κ1) is 22.5. The maximum atomic E-state index is 15.1. The van der Waals surface area contributed by atoms with Gasteiger partial charge in [0.25, 0.3) is 0 Å². The number of carbonyl (C=O) groups is 1. The van der Waals surface area contributed by atoms with E-state index in [1.165, 1.54) is 0 Å². The van der Waals surface area contributed by atoms with Gasteiger partial charge in [-0.15, -0.1) is 0 Å². The van der Waals surface area contributed by atoms with Crippen molar-refractivity contribution in [3.8, 4) is 16.9 Å². The minimum Gasteiger partial charge on any atom is -0.489 e. The summed E-state index contributed by atoms with van der Waals surface area (Å²) < 4.78 is 21.0. The fraction of sp³-hybridized carbons (Fsp3) is 0.240. The number of rotatable bonds is 8. The summed E-state index contributed by atoms with van der Waals surface area (Å²) in [5.74, 6) is -0.864. The zero-order valence-corrected chi connectivity index (χ0v) is 17.5. The summed E-state index contributed by atoms with van der Waals surface area (Å²) in [6, 6.07) is 16.9. The highest BCUT2D eigenvalue weighted by molar-refractivity contribution is 5.71. The molecular weight excluding hydrogens is 397 g/mol. The summed E-state index contributed by atoms with van der Waals surface area (Å²) in [5.41, 5.74) is 9.22. The number of aliphatic hydroxyl groups excluding tert-OH is 1. The first-order valence-electron chi connectivity index (χ1n) is 10.0. The molecule has 0 bridgehead atoms. The van der Waals surface area contributed by atoms with Crippen LogP contribution in [0.4, 0.5) is 4.39 Å². The number of carboxylic acids is 1. The molecule has 0 radical (unpaired) electrons. The van der Waals surface area contributed by atoms with Crippen molar-refractivity contribution in [3.05, 3.63) is 88.7 Å². The molecule has 5 nitrogen and oxygen atoms in total. The summed E-state index contributed by atoms with van der Waals surface area (Å²) in [7, 11) is 0. The largest absolute Gasteiger partial charge is 0.489 e. The Bertz CT molecular complexity index is 1080. The second kappa shape index (κ2) is 9.73. The molecular formula is C25H26FNO4. The highest BCUT2D eigenvalue weighted by atomic mass is 19.1. The molecule has 0 fully saturated rings. The number of carboxylic acid groups (broad SMARTS) is 1. The molecule has 0 aliphatic heterocycles. The molecule has 2 atom stereocenters. The fourth-order valence-corrected chi connectivity index (χ4v) is 3.44. The number of ether oxygens (including phenoxy) is 1. The fourth-order valence-electron chi connectivity index (χ4n) is 3.44. The normalized spacial score (nSPS) is 12.9. The van der Waals surface area contributed by atoms with Gasteiger partial charge in [0.2, 0.25) is 0 Å². The first-order chi connectivity index (χ1) is 14.8. The van der Waals surface area contributed by atoms with Gasteiger partial charge in [-0.1, -0.05) is 36.4 Å². The summed E-state index contributed by atoms with van der Waals surface area (Å²) in [4.78, 5) is 11.1. The first-order valence-corrected chi connectivity index (χ1v) is 10.0. The van der Waals surface area contributed by atoms with Crippen molar-refractivity contribution < 1.29 is 24.1 Å². The van der Waals surface area contributed by atoms with Gasteiger partial charge in [-0.2, -0.15) is 0 Å². The Morgan fingerprint density at radius 1 is 1.10 bits per heavy atom. The molecule has 0 saturated carbocycles. The van der Waals surface area contributed by atoms with Crippen LogP contribution in [0, 0.1) is 5.82 Å². The van der Waals surface area contributed by atoms with E-state index >= 15 is 4.39 Å². The highest BCUT2D eigenvalue weighted by Crippen LogP contribution is 2.31. The van der Waals surface area contributed by atoms with Gasteiger partial charge >= 0.3 is 5.97 Å². The smallest absolute Gasteiger partial charge is 0.307 e. The number of hydrogen-bond donors (Lipinski definition) is 3. The molecule has 0 saturated heterocycles. The Morgan fingerprint density at radius 3 is 2.52 bits per heavy atom. The maximum Gasteiger partial charge on any atom is 0.307 e. The minimum absolute atomic E-state index is 0.138. The van der Waals surface area contributed by atoms with E-state index in [4.69, 9.17) is 15.6 Å². The van der Waals surface area contributed by atoms with E-state index in [1.54, 1.807) is 74.5 Å². The van der Waals surface area contributed by atoms with Gasteiger partial charge in [0.1, 0.15) is 18.2 Å². The van der Waals surface area contributed by atoms with Crippen molar-refractivity contribution in [3.63, 3.8) is 0 Å². The number of benzene rings is 3. The minimum atomic E-state index is -0.945. The molecule has 3 rings (SSSR count). The molecule has 1 unspecified atom stereocenters. The van der Waals surface area contributed by atoms with Crippen LogP contribution in [-0.4, -0.2) is 16.2 Å². The Balaban J connectivity index is 1.96. The zero-order chi connectivity index (χ0) is 22.5. The second-order valence-electron chi connectivity index (χ2n) is 7.60. The van der Waals surface area contributed by atoms with Gasteiger partial charge in [0, 0.05) is 22.7 Å². The van der Waals surface area contributed by atoms with Crippen molar-refractivity contribution in [2.75, 3.05) is 0 Å². The van der Waals surface area contributed by atoms with E-state index < -0.39 is 18.1 Å². The average molecular weight is 423 g/mol. The van der Waals surface area contributed by atoms with Gasteiger partial charge in [-0.25, -0.2) is 4.39 Å². The monoisotopic (exact) mass is 423 g/mol. The van der Waals surface area contributed by atoms with E-state index in [2.05, 4.69) is 0 Å². The molecule has 3 aromatic rings.